The molecule has 1 spiro atoms. The number of ether oxygens (including phenoxy) is 1. The molecule has 0 amide bonds. The van der Waals surface area contributed by atoms with Crippen LogP contribution in [0.1, 0.15) is 22.3 Å². The van der Waals surface area contributed by atoms with Crippen molar-refractivity contribution in [1.82, 2.24) is 0 Å². The first kappa shape index (κ1) is 34.0. The Balaban J connectivity index is 1.12. The molecule has 0 radical (unpaired) electrons. The fraction of sp³-hybridized carbons (Fsp3) is 0.0169. The predicted octanol–water partition coefficient (Wildman–Crippen LogP) is 15.8. The van der Waals surface area contributed by atoms with Gasteiger partial charge in [0.1, 0.15) is 5.75 Å². The second-order valence-electron chi connectivity index (χ2n) is 16.3. The van der Waals surface area contributed by atoms with Crippen molar-refractivity contribution in [2.24, 2.45) is 0 Å². The van der Waals surface area contributed by atoms with Crippen LogP contribution >= 0.6 is 0 Å². The number of fused-ring (bicyclic) bond motifs is 19. The summed E-state index contributed by atoms with van der Waals surface area (Å²) < 4.78 is 7.12. The molecule has 1 unspecified atom stereocenters. The second-order valence-corrected chi connectivity index (χ2v) is 16.3. The van der Waals surface area contributed by atoms with Gasteiger partial charge in [0, 0.05) is 22.5 Å². The molecule has 3 aliphatic rings. The SMILES string of the molecule is c1ccc(N(c2ccc3c(c2)-c2ccccc2-c2ccccc2C32c3ccccc3-c3c2ccc2ccccc32)c2cccc3c2Oc2ccccc2-c2ccccc2-3)cc1. The zero-order valence-electron chi connectivity index (χ0n) is 33.2. The summed E-state index contributed by atoms with van der Waals surface area (Å²) in [6, 6.07) is 82.4. The highest BCUT2D eigenvalue weighted by Gasteiger charge is 2.50. The van der Waals surface area contributed by atoms with Crippen LogP contribution in [0.5, 0.6) is 11.5 Å². The fourth-order valence-corrected chi connectivity index (χ4v) is 10.9. The van der Waals surface area contributed by atoms with E-state index in [1.54, 1.807) is 0 Å². The lowest BCUT2D eigenvalue weighted by molar-refractivity contribution is 0.489. The fourth-order valence-electron chi connectivity index (χ4n) is 10.9. The number of rotatable bonds is 3. The largest absolute Gasteiger partial charge is 0.454 e. The Morgan fingerprint density at radius 2 is 0.869 bits per heavy atom. The minimum absolute atomic E-state index is 0.586. The summed E-state index contributed by atoms with van der Waals surface area (Å²) in [5.74, 6) is 1.67. The van der Waals surface area contributed by atoms with Crippen molar-refractivity contribution in [3.05, 3.63) is 247 Å². The lowest BCUT2D eigenvalue weighted by Crippen LogP contribution is -2.29. The summed E-state index contributed by atoms with van der Waals surface area (Å²) in [5, 5.41) is 2.53. The molecule has 0 saturated heterocycles. The molecule has 10 aromatic rings. The Kier molecular flexibility index (Phi) is 7.26. The maximum atomic E-state index is 7.12. The first-order valence-electron chi connectivity index (χ1n) is 21.1. The molecule has 10 aromatic carbocycles. The van der Waals surface area contributed by atoms with Gasteiger partial charge in [-0.15, -0.1) is 0 Å². The number of anilines is 3. The van der Waals surface area contributed by atoms with Gasteiger partial charge in [0.05, 0.1) is 11.1 Å². The molecule has 0 aromatic heterocycles. The maximum Gasteiger partial charge on any atom is 0.159 e. The van der Waals surface area contributed by atoms with E-state index in [1.165, 1.54) is 66.4 Å². The quantitative estimate of drug-likeness (QED) is 0.177. The molecule has 284 valence electrons. The third-order valence-corrected chi connectivity index (χ3v) is 13.3. The van der Waals surface area contributed by atoms with Gasteiger partial charge in [0.2, 0.25) is 0 Å². The van der Waals surface area contributed by atoms with Crippen molar-refractivity contribution >= 4 is 27.8 Å². The standard InChI is InChI=1S/C59H37NO/c1-2-18-39(19-3-1)60(55-31-16-28-48-44-23-8-7-22-43(44)47-26-12-15-32-56(47)61-58(48)55)40-34-36-53-50(37-40)45-24-9-6-21-42(45)46-25-10-13-29-51(46)59(53)52-30-14-11-27-49(52)57-41-20-5-4-17-38(41)33-35-54(57)59/h1-37H. The Morgan fingerprint density at radius 1 is 0.328 bits per heavy atom. The number of nitrogens with zero attached hydrogens (tertiary/aromatic N) is 1. The number of benzene rings is 10. The van der Waals surface area contributed by atoms with Gasteiger partial charge < -0.3 is 9.64 Å². The summed E-state index contributed by atoms with van der Waals surface area (Å²) >= 11 is 0. The van der Waals surface area contributed by atoms with Gasteiger partial charge in [0.25, 0.3) is 0 Å². The van der Waals surface area contributed by atoms with Gasteiger partial charge >= 0.3 is 0 Å². The predicted molar refractivity (Wildman–Crippen MR) is 251 cm³/mol. The topological polar surface area (TPSA) is 12.5 Å². The molecule has 0 N–H and O–H groups in total. The molecule has 2 heteroatoms. The van der Waals surface area contributed by atoms with Crippen LogP contribution in [0.2, 0.25) is 0 Å². The molecule has 61 heavy (non-hydrogen) atoms. The van der Waals surface area contributed by atoms with E-state index >= 15 is 0 Å². The normalized spacial score (nSPS) is 14.8. The molecular formula is C59H37NO. The van der Waals surface area contributed by atoms with E-state index < -0.39 is 5.41 Å². The van der Waals surface area contributed by atoms with Crippen LogP contribution in [0.15, 0.2) is 224 Å². The van der Waals surface area contributed by atoms with Gasteiger partial charge in [-0.3, -0.25) is 0 Å². The Bertz CT molecular complexity index is 3420. The van der Waals surface area contributed by atoms with Crippen molar-refractivity contribution in [2.45, 2.75) is 5.41 Å². The lowest BCUT2D eigenvalue weighted by atomic mass is 9.65. The summed E-state index contributed by atoms with van der Waals surface area (Å²) in [6.07, 6.45) is 0. The zero-order chi connectivity index (χ0) is 40.1. The van der Waals surface area contributed by atoms with Crippen molar-refractivity contribution in [3.63, 3.8) is 0 Å². The summed E-state index contributed by atoms with van der Waals surface area (Å²) in [5.41, 5.74) is 19.7. The molecule has 0 bridgehead atoms. The van der Waals surface area contributed by atoms with Gasteiger partial charge in [-0.2, -0.15) is 0 Å². The molecule has 1 heterocycles. The maximum absolute atomic E-state index is 7.12. The summed E-state index contributed by atoms with van der Waals surface area (Å²) in [6.45, 7) is 0. The van der Waals surface area contributed by atoms with Gasteiger partial charge in [0.15, 0.2) is 5.75 Å². The van der Waals surface area contributed by atoms with E-state index in [0.717, 1.165) is 50.8 Å². The van der Waals surface area contributed by atoms with Crippen molar-refractivity contribution in [2.75, 3.05) is 4.90 Å². The highest BCUT2D eigenvalue weighted by atomic mass is 16.5. The van der Waals surface area contributed by atoms with Gasteiger partial charge in [-0.05, 0) is 114 Å². The van der Waals surface area contributed by atoms with E-state index in [1.807, 2.05) is 0 Å². The minimum Gasteiger partial charge on any atom is -0.454 e. The Morgan fingerprint density at radius 3 is 1.66 bits per heavy atom. The molecule has 0 saturated carbocycles. The molecule has 1 aliphatic heterocycles. The minimum atomic E-state index is -0.586. The molecule has 13 rings (SSSR count). The molecule has 1 atom stereocenters. The van der Waals surface area contributed by atoms with Crippen LogP contribution in [-0.2, 0) is 5.41 Å². The van der Waals surface area contributed by atoms with E-state index in [9.17, 15) is 0 Å². The van der Waals surface area contributed by atoms with Gasteiger partial charge in [-0.1, -0.05) is 188 Å². The average molecular weight is 776 g/mol. The number of para-hydroxylation sites is 3. The smallest absolute Gasteiger partial charge is 0.159 e. The molecule has 2 nitrogen and oxygen atoms in total. The average Bonchev–Trinajstić information content (AvgIpc) is 3.48. The van der Waals surface area contributed by atoms with E-state index in [2.05, 4.69) is 229 Å². The van der Waals surface area contributed by atoms with Crippen LogP contribution in [0.4, 0.5) is 17.1 Å². The third-order valence-electron chi connectivity index (χ3n) is 13.3. The highest BCUT2D eigenvalue weighted by molar-refractivity contribution is 6.07. The summed E-state index contributed by atoms with van der Waals surface area (Å²) in [7, 11) is 0. The van der Waals surface area contributed by atoms with Crippen LogP contribution in [0.3, 0.4) is 0 Å². The van der Waals surface area contributed by atoms with Crippen LogP contribution < -0.4 is 9.64 Å². The van der Waals surface area contributed by atoms with E-state index in [0.29, 0.717) is 0 Å². The zero-order valence-corrected chi connectivity index (χ0v) is 33.2. The van der Waals surface area contributed by atoms with Gasteiger partial charge in [-0.25, -0.2) is 0 Å². The highest BCUT2D eigenvalue weighted by Crippen LogP contribution is 2.63. The van der Waals surface area contributed by atoms with E-state index in [4.69, 9.17) is 4.74 Å². The van der Waals surface area contributed by atoms with Crippen molar-refractivity contribution < 1.29 is 4.74 Å². The Labute approximate surface area is 355 Å². The Hall–Kier alpha value is -7.94. The first-order valence-corrected chi connectivity index (χ1v) is 21.1. The number of hydrogen-bond donors (Lipinski definition) is 0. The monoisotopic (exact) mass is 775 g/mol. The third kappa shape index (κ3) is 4.73. The van der Waals surface area contributed by atoms with Crippen LogP contribution in [-0.4, -0.2) is 0 Å². The first-order chi connectivity index (χ1) is 30.3. The van der Waals surface area contributed by atoms with E-state index in [-0.39, 0.29) is 0 Å². The second kappa shape index (κ2) is 13.0. The van der Waals surface area contributed by atoms with Crippen molar-refractivity contribution in [1.29, 1.82) is 0 Å². The summed E-state index contributed by atoms with van der Waals surface area (Å²) in [4.78, 5) is 2.38. The number of hydrogen-bond acceptors (Lipinski definition) is 2. The molecular weight excluding hydrogens is 739 g/mol. The molecule has 2 aliphatic carbocycles. The van der Waals surface area contributed by atoms with Crippen molar-refractivity contribution in [3.8, 4) is 67.1 Å². The lowest BCUT2D eigenvalue weighted by Gasteiger charge is -2.36. The molecule has 0 fully saturated rings. The van der Waals surface area contributed by atoms with Crippen LogP contribution in [0, 0.1) is 0 Å². The van der Waals surface area contributed by atoms with Crippen LogP contribution in [0.25, 0.3) is 66.4 Å².